The number of hydrogen-bond donors (Lipinski definition) is 0. The lowest BCUT2D eigenvalue weighted by molar-refractivity contribution is -0.129. The van der Waals surface area contributed by atoms with E-state index in [0.717, 1.165) is 19.0 Å². The van der Waals surface area contributed by atoms with Gasteiger partial charge in [0.2, 0.25) is 0 Å². The van der Waals surface area contributed by atoms with Crippen molar-refractivity contribution < 1.29 is 9.53 Å². The smallest absolute Gasteiger partial charge is 0.336 e. The Balaban J connectivity index is 3.26. The van der Waals surface area contributed by atoms with Crippen LogP contribution in [0.3, 0.4) is 0 Å². The molecule has 1 aromatic rings. The maximum Gasteiger partial charge on any atom is 0.336 e. The van der Waals surface area contributed by atoms with Gasteiger partial charge in [0, 0.05) is 10.5 Å². The first-order chi connectivity index (χ1) is 8.25. The summed E-state index contributed by atoms with van der Waals surface area (Å²) in [4.78, 5) is 11.7. The van der Waals surface area contributed by atoms with Crippen molar-refractivity contribution in [1.82, 2.24) is 0 Å². The maximum atomic E-state index is 11.7. The SMILES string of the molecule is CC(C)=CC(=O)Oc1c(Br)c(Br)c(Br)c(Br)c1Br. The van der Waals surface area contributed by atoms with Crippen LogP contribution in [0.5, 0.6) is 5.75 Å². The Bertz CT molecular complexity index is 504. The van der Waals surface area contributed by atoms with Crippen molar-refractivity contribution in [2.45, 2.75) is 13.8 Å². The molecule has 0 aliphatic rings. The third-order valence-electron chi connectivity index (χ3n) is 1.78. The molecule has 0 aliphatic heterocycles. The highest BCUT2D eigenvalue weighted by atomic mass is 79.9. The van der Waals surface area contributed by atoms with Crippen LogP contribution in [0, 0.1) is 0 Å². The molecule has 2 nitrogen and oxygen atoms in total. The summed E-state index contributed by atoms with van der Waals surface area (Å²) < 4.78 is 8.96. The monoisotopic (exact) mass is 566 g/mol. The molecule has 0 spiro atoms. The molecular formula is C11H7Br5O2. The van der Waals surface area contributed by atoms with Crippen LogP contribution in [0.4, 0.5) is 0 Å². The molecule has 0 amide bonds. The van der Waals surface area contributed by atoms with Crippen LogP contribution in [-0.4, -0.2) is 5.97 Å². The average Bonchev–Trinajstić information content (AvgIpc) is 2.29. The molecule has 0 radical (unpaired) electrons. The van der Waals surface area contributed by atoms with E-state index in [1.54, 1.807) is 0 Å². The minimum absolute atomic E-state index is 0.416. The third-order valence-corrected chi connectivity index (χ3v) is 7.80. The number of ether oxygens (including phenoxy) is 1. The van der Waals surface area contributed by atoms with Crippen LogP contribution >= 0.6 is 79.6 Å². The molecule has 0 fully saturated rings. The van der Waals surface area contributed by atoms with Crippen molar-refractivity contribution in [3.63, 3.8) is 0 Å². The molecule has 1 rings (SSSR count). The van der Waals surface area contributed by atoms with E-state index in [1.807, 2.05) is 13.8 Å². The zero-order valence-corrected chi connectivity index (χ0v) is 17.2. The van der Waals surface area contributed by atoms with Gasteiger partial charge in [-0.15, -0.1) is 0 Å². The van der Waals surface area contributed by atoms with E-state index >= 15 is 0 Å². The van der Waals surface area contributed by atoms with Crippen LogP contribution in [-0.2, 0) is 4.79 Å². The van der Waals surface area contributed by atoms with Gasteiger partial charge in [-0.05, 0) is 93.5 Å². The van der Waals surface area contributed by atoms with E-state index in [-0.39, 0.29) is 0 Å². The number of allylic oxidation sites excluding steroid dienone is 1. The van der Waals surface area contributed by atoms with E-state index in [9.17, 15) is 4.79 Å². The first-order valence-corrected chi connectivity index (χ1v) is 8.60. The van der Waals surface area contributed by atoms with Crippen LogP contribution < -0.4 is 4.74 Å². The summed E-state index contributed by atoms with van der Waals surface area (Å²) in [5, 5.41) is 0. The van der Waals surface area contributed by atoms with Crippen molar-refractivity contribution in [3.05, 3.63) is 34.0 Å². The molecule has 0 heterocycles. The second-order valence-electron chi connectivity index (χ2n) is 3.54. The third kappa shape index (κ3) is 3.91. The van der Waals surface area contributed by atoms with E-state index in [2.05, 4.69) is 79.6 Å². The Morgan fingerprint density at radius 2 is 1.28 bits per heavy atom. The Hall–Kier alpha value is 0.830. The number of hydrogen-bond acceptors (Lipinski definition) is 2. The van der Waals surface area contributed by atoms with Crippen molar-refractivity contribution in [2.24, 2.45) is 0 Å². The van der Waals surface area contributed by atoms with Crippen molar-refractivity contribution in [3.8, 4) is 5.75 Å². The molecule has 0 aromatic heterocycles. The van der Waals surface area contributed by atoms with Crippen LogP contribution in [0.15, 0.2) is 34.0 Å². The van der Waals surface area contributed by atoms with Gasteiger partial charge in [-0.3, -0.25) is 0 Å². The van der Waals surface area contributed by atoms with Crippen LogP contribution in [0.1, 0.15) is 13.8 Å². The normalized spacial score (nSPS) is 10.2. The highest BCUT2D eigenvalue weighted by Crippen LogP contribution is 2.48. The van der Waals surface area contributed by atoms with Gasteiger partial charge in [0.1, 0.15) is 0 Å². The fraction of sp³-hybridized carbons (Fsp3) is 0.182. The number of benzene rings is 1. The number of carbonyl (C=O) groups excluding carboxylic acids is 1. The zero-order chi connectivity index (χ0) is 14.0. The van der Waals surface area contributed by atoms with Crippen molar-refractivity contribution >= 4 is 85.6 Å². The van der Waals surface area contributed by atoms with Crippen LogP contribution in [0.2, 0.25) is 0 Å². The highest BCUT2D eigenvalue weighted by molar-refractivity contribution is 9.15. The molecule has 7 heteroatoms. The summed E-state index contributed by atoms with van der Waals surface area (Å²) in [6, 6.07) is 0. The second-order valence-corrected chi connectivity index (χ2v) is 7.51. The van der Waals surface area contributed by atoms with Crippen LogP contribution in [0.25, 0.3) is 0 Å². The first kappa shape index (κ1) is 16.9. The Morgan fingerprint density at radius 1 is 0.889 bits per heavy atom. The summed E-state index contributed by atoms with van der Waals surface area (Å²) in [7, 11) is 0. The maximum absolute atomic E-state index is 11.7. The summed E-state index contributed by atoms with van der Waals surface area (Å²) in [5.41, 5.74) is 0.877. The van der Waals surface area contributed by atoms with Gasteiger partial charge in [-0.1, -0.05) is 5.57 Å². The molecule has 0 aliphatic carbocycles. The molecule has 0 saturated carbocycles. The Kier molecular flexibility index (Phi) is 6.58. The van der Waals surface area contributed by atoms with Gasteiger partial charge in [-0.25, -0.2) is 4.79 Å². The van der Waals surface area contributed by atoms with Gasteiger partial charge in [0.05, 0.1) is 17.9 Å². The second kappa shape index (κ2) is 7.02. The minimum atomic E-state index is -0.419. The molecule has 0 saturated heterocycles. The van der Waals surface area contributed by atoms with Crippen molar-refractivity contribution in [2.75, 3.05) is 0 Å². The molecular weight excluding hydrogens is 564 g/mol. The van der Waals surface area contributed by atoms with Gasteiger partial charge < -0.3 is 4.74 Å². The largest absolute Gasteiger partial charge is 0.421 e. The van der Waals surface area contributed by atoms with E-state index < -0.39 is 5.97 Å². The lowest BCUT2D eigenvalue weighted by Gasteiger charge is -2.12. The molecule has 1 aromatic carbocycles. The topological polar surface area (TPSA) is 26.3 Å². The molecule has 98 valence electrons. The van der Waals surface area contributed by atoms with Crippen molar-refractivity contribution in [1.29, 1.82) is 0 Å². The molecule has 0 unspecified atom stereocenters. The van der Waals surface area contributed by atoms with E-state index in [0.29, 0.717) is 14.7 Å². The quantitative estimate of drug-likeness (QED) is 0.136. The minimum Gasteiger partial charge on any atom is -0.421 e. The first-order valence-electron chi connectivity index (χ1n) is 4.63. The van der Waals surface area contributed by atoms with E-state index in [4.69, 9.17) is 4.74 Å². The molecule has 18 heavy (non-hydrogen) atoms. The lowest BCUT2D eigenvalue weighted by atomic mass is 10.3. The summed E-state index contributed by atoms with van der Waals surface area (Å²) in [5.74, 6) is -0.00280. The highest BCUT2D eigenvalue weighted by Gasteiger charge is 2.20. The van der Waals surface area contributed by atoms with Gasteiger partial charge in [0.25, 0.3) is 0 Å². The fourth-order valence-corrected chi connectivity index (χ4v) is 4.21. The van der Waals surface area contributed by atoms with Gasteiger partial charge in [-0.2, -0.15) is 0 Å². The van der Waals surface area contributed by atoms with Gasteiger partial charge >= 0.3 is 5.97 Å². The number of carbonyl (C=O) groups is 1. The number of esters is 1. The number of halogens is 5. The fourth-order valence-electron chi connectivity index (χ4n) is 1.04. The molecule has 0 bridgehead atoms. The molecule has 0 atom stereocenters. The summed E-state index contributed by atoms with van der Waals surface area (Å²) >= 11 is 17.0. The summed E-state index contributed by atoms with van der Waals surface area (Å²) in [6.07, 6.45) is 1.43. The van der Waals surface area contributed by atoms with E-state index in [1.165, 1.54) is 6.08 Å². The average molecular weight is 571 g/mol. The lowest BCUT2D eigenvalue weighted by Crippen LogP contribution is -2.06. The predicted molar refractivity (Wildman–Crippen MR) is 90.0 cm³/mol. The number of rotatable bonds is 2. The predicted octanol–water partition coefficient (Wildman–Crippen LogP) is 6.37. The summed E-state index contributed by atoms with van der Waals surface area (Å²) in [6.45, 7) is 3.66. The molecule has 0 N–H and O–H groups in total. The Morgan fingerprint density at radius 3 is 1.67 bits per heavy atom. The van der Waals surface area contributed by atoms with Gasteiger partial charge in [0.15, 0.2) is 5.75 Å². The Labute approximate surface area is 147 Å². The standard InChI is InChI=1S/C11H7Br5O2/c1-4(2)3-5(17)18-11-9(15)7(13)6(12)8(14)10(11)16/h3H,1-2H3. The zero-order valence-electron chi connectivity index (χ0n) is 9.28.